The van der Waals surface area contributed by atoms with Crippen LogP contribution in [0.25, 0.3) is 11.1 Å². The molecule has 0 radical (unpaired) electrons. The number of carbonyl (C=O) groups excluding carboxylic acids is 1. The number of halogens is 1. The lowest BCUT2D eigenvalue weighted by Crippen LogP contribution is -2.50. The first-order chi connectivity index (χ1) is 18.6. The van der Waals surface area contributed by atoms with Crippen molar-refractivity contribution in [2.24, 2.45) is 5.92 Å². The monoisotopic (exact) mass is 556 g/mol. The third-order valence-corrected chi connectivity index (χ3v) is 8.99. The molecule has 0 unspecified atom stereocenters. The smallest absolute Gasteiger partial charge is 0.256 e. The number of methoxy groups -OCH3 is 1. The van der Waals surface area contributed by atoms with E-state index in [-0.39, 0.29) is 41.8 Å². The molecular formula is C29H33FN2O6S. The van der Waals surface area contributed by atoms with Gasteiger partial charge in [0, 0.05) is 25.6 Å². The summed E-state index contributed by atoms with van der Waals surface area (Å²) >= 11 is 0. The van der Waals surface area contributed by atoms with Gasteiger partial charge in [-0.15, -0.1) is 0 Å². The van der Waals surface area contributed by atoms with Crippen LogP contribution in [-0.4, -0.2) is 74.6 Å². The average molecular weight is 557 g/mol. The standard InChI is InChI=1S/C29H33FN2O6S/c1-19-16-32(20(2)18-33)39(35,36)28-13-12-22(21-8-7-9-23(14-21)37-4)15-26(28)38-27(19)17-31(3)29(34)24-10-5-6-11-25(24)30/h5-15,19-20,27,33H,16-18H2,1-4H3/t19-,20+,27-/m1/s1. The number of nitrogens with zero attached hydrogens (tertiary/aromatic N) is 2. The Bertz CT molecular complexity index is 1450. The minimum atomic E-state index is -4.02. The van der Waals surface area contributed by atoms with Crippen LogP contribution in [-0.2, 0) is 10.0 Å². The van der Waals surface area contributed by atoms with Crippen LogP contribution in [0.5, 0.6) is 11.5 Å². The molecule has 0 fully saturated rings. The van der Waals surface area contributed by atoms with Gasteiger partial charge in [0.2, 0.25) is 10.0 Å². The molecule has 1 heterocycles. The molecule has 0 aromatic heterocycles. The van der Waals surface area contributed by atoms with E-state index in [1.807, 2.05) is 31.2 Å². The van der Waals surface area contributed by atoms with Crippen molar-refractivity contribution in [2.45, 2.75) is 30.9 Å². The summed E-state index contributed by atoms with van der Waals surface area (Å²) in [6, 6.07) is 17.3. The lowest BCUT2D eigenvalue weighted by Gasteiger charge is -2.37. The Kier molecular flexibility index (Phi) is 8.58. The van der Waals surface area contributed by atoms with Gasteiger partial charge in [-0.2, -0.15) is 4.31 Å². The topological polar surface area (TPSA) is 96.4 Å². The maximum Gasteiger partial charge on any atom is 0.256 e. The zero-order valence-electron chi connectivity index (χ0n) is 22.4. The summed E-state index contributed by atoms with van der Waals surface area (Å²) in [5, 5.41) is 9.86. The Morgan fingerprint density at radius 1 is 1.15 bits per heavy atom. The molecule has 1 N–H and O–H groups in total. The minimum absolute atomic E-state index is 0.0329. The largest absolute Gasteiger partial charge is 0.497 e. The Labute approximate surface area is 228 Å². The van der Waals surface area contributed by atoms with Gasteiger partial charge in [-0.3, -0.25) is 4.79 Å². The van der Waals surface area contributed by atoms with E-state index in [4.69, 9.17) is 9.47 Å². The molecule has 1 aliphatic heterocycles. The van der Waals surface area contributed by atoms with Crippen molar-refractivity contribution in [1.82, 2.24) is 9.21 Å². The van der Waals surface area contributed by atoms with Crippen LogP contribution in [0.3, 0.4) is 0 Å². The number of likely N-dealkylation sites (N-methyl/N-ethyl adjacent to an activating group) is 1. The number of ether oxygens (including phenoxy) is 2. The van der Waals surface area contributed by atoms with Gasteiger partial charge in [0.15, 0.2) is 0 Å². The lowest BCUT2D eigenvalue weighted by molar-refractivity contribution is 0.0560. The number of fused-ring (bicyclic) bond motifs is 1. The highest BCUT2D eigenvalue weighted by Gasteiger charge is 2.38. The van der Waals surface area contributed by atoms with E-state index in [9.17, 15) is 22.7 Å². The molecule has 0 spiro atoms. The highest BCUT2D eigenvalue weighted by Crippen LogP contribution is 2.37. The van der Waals surface area contributed by atoms with Crippen molar-refractivity contribution in [3.05, 3.63) is 78.1 Å². The van der Waals surface area contributed by atoms with Crippen molar-refractivity contribution in [1.29, 1.82) is 0 Å². The van der Waals surface area contributed by atoms with Crippen LogP contribution in [0.1, 0.15) is 24.2 Å². The van der Waals surface area contributed by atoms with Crippen molar-refractivity contribution < 1.29 is 32.2 Å². The quantitative estimate of drug-likeness (QED) is 0.472. The number of benzene rings is 3. The molecule has 8 nitrogen and oxygen atoms in total. The number of aliphatic hydroxyl groups excluding tert-OH is 1. The number of hydrogen-bond acceptors (Lipinski definition) is 6. The second kappa shape index (κ2) is 11.7. The van der Waals surface area contributed by atoms with E-state index in [0.717, 1.165) is 5.56 Å². The molecule has 208 valence electrons. The molecule has 0 saturated carbocycles. The van der Waals surface area contributed by atoms with Gasteiger partial charge < -0.3 is 19.5 Å². The van der Waals surface area contributed by atoms with Crippen LogP contribution in [0.15, 0.2) is 71.6 Å². The van der Waals surface area contributed by atoms with E-state index in [2.05, 4.69) is 0 Å². The fourth-order valence-corrected chi connectivity index (χ4v) is 6.44. The lowest BCUT2D eigenvalue weighted by atomic mass is 10.0. The van der Waals surface area contributed by atoms with Gasteiger partial charge in [-0.1, -0.05) is 37.3 Å². The first-order valence-corrected chi connectivity index (χ1v) is 14.1. The van der Waals surface area contributed by atoms with Gasteiger partial charge in [-0.25, -0.2) is 12.8 Å². The van der Waals surface area contributed by atoms with E-state index >= 15 is 0 Å². The summed E-state index contributed by atoms with van der Waals surface area (Å²) in [5.41, 5.74) is 1.46. The molecule has 4 rings (SSSR count). The molecule has 0 bridgehead atoms. The summed E-state index contributed by atoms with van der Waals surface area (Å²) in [6.07, 6.45) is -0.631. The Hall–Kier alpha value is -3.47. The van der Waals surface area contributed by atoms with E-state index in [1.54, 1.807) is 39.3 Å². The molecular weight excluding hydrogens is 523 g/mol. The van der Waals surface area contributed by atoms with Crippen LogP contribution < -0.4 is 9.47 Å². The number of aliphatic hydroxyl groups is 1. The number of amides is 1. The second-order valence-electron chi connectivity index (χ2n) is 9.80. The van der Waals surface area contributed by atoms with Gasteiger partial charge in [-0.05, 0) is 54.4 Å². The first-order valence-electron chi connectivity index (χ1n) is 12.6. The molecule has 1 amide bonds. The first kappa shape index (κ1) is 28.5. The van der Waals surface area contributed by atoms with Gasteiger partial charge in [0.25, 0.3) is 5.91 Å². The zero-order chi connectivity index (χ0) is 28.3. The maximum atomic E-state index is 14.3. The molecule has 0 aliphatic carbocycles. The van der Waals surface area contributed by atoms with E-state index in [1.165, 1.54) is 33.5 Å². The SMILES string of the molecule is COc1cccc(-c2ccc3c(c2)O[C@H](CN(C)C(=O)c2ccccc2F)[C@H](C)CN([C@@H](C)CO)S3(=O)=O)c1. The minimum Gasteiger partial charge on any atom is -0.497 e. The van der Waals surface area contributed by atoms with Gasteiger partial charge in [0.1, 0.15) is 28.3 Å². The molecule has 0 saturated heterocycles. The van der Waals surface area contributed by atoms with Crippen LogP contribution in [0.2, 0.25) is 0 Å². The predicted octanol–water partition coefficient (Wildman–Crippen LogP) is 4.04. The summed E-state index contributed by atoms with van der Waals surface area (Å²) in [6.45, 7) is 3.25. The second-order valence-corrected chi connectivity index (χ2v) is 11.7. The Morgan fingerprint density at radius 2 is 1.87 bits per heavy atom. The van der Waals surface area contributed by atoms with Crippen molar-refractivity contribution in [3.8, 4) is 22.6 Å². The van der Waals surface area contributed by atoms with Crippen molar-refractivity contribution in [2.75, 3.05) is 33.9 Å². The maximum absolute atomic E-state index is 14.3. The third-order valence-electron chi connectivity index (χ3n) is 6.97. The van der Waals surface area contributed by atoms with Crippen LogP contribution in [0, 0.1) is 11.7 Å². The fraction of sp³-hybridized carbons (Fsp3) is 0.345. The summed E-state index contributed by atoms with van der Waals surface area (Å²) < 4.78 is 54.8. The number of carbonyl (C=O) groups is 1. The Morgan fingerprint density at radius 3 is 2.56 bits per heavy atom. The third kappa shape index (κ3) is 5.93. The molecule has 3 aromatic rings. The molecule has 10 heteroatoms. The molecule has 3 atom stereocenters. The van der Waals surface area contributed by atoms with Crippen molar-refractivity contribution in [3.63, 3.8) is 0 Å². The Balaban J connectivity index is 1.76. The van der Waals surface area contributed by atoms with Gasteiger partial charge in [0.05, 0.1) is 25.8 Å². The highest BCUT2D eigenvalue weighted by atomic mass is 32.2. The molecule has 3 aromatic carbocycles. The average Bonchev–Trinajstić information content (AvgIpc) is 2.94. The van der Waals surface area contributed by atoms with Crippen LogP contribution in [0.4, 0.5) is 4.39 Å². The zero-order valence-corrected chi connectivity index (χ0v) is 23.2. The highest BCUT2D eigenvalue weighted by molar-refractivity contribution is 7.89. The predicted molar refractivity (Wildman–Crippen MR) is 146 cm³/mol. The molecule has 1 aliphatic rings. The number of sulfonamides is 1. The number of hydrogen-bond donors (Lipinski definition) is 1. The van der Waals surface area contributed by atoms with Gasteiger partial charge >= 0.3 is 0 Å². The van der Waals surface area contributed by atoms with E-state index < -0.39 is 33.9 Å². The van der Waals surface area contributed by atoms with Crippen molar-refractivity contribution >= 4 is 15.9 Å². The summed E-state index contributed by atoms with van der Waals surface area (Å²) in [5.74, 6) is -0.727. The number of rotatable bonds is 7. The van der Waals surface area contributed by atoms with E-state index in [0.29, 0.717) is 11.3 Å². The summed E-state index contributed by atoms with van der Waals surface area (Å²) in [4.78, 5) is 14.4. The van der Waals surface area contributed by atoms with Crippen LogP contribution >= 0.6 is 0 Å². The fourth-order valence-electron chi connectivity index (χ4n) is 4.62. The molecule has 39 heavy (non-hydrogen) atoms. The normalized spacial score (nSPS) is 19.6. The summed E-state index contributed by atoms with van der Waals surface area (Å²) in [7, 11) is -0.898.